The van der Waals surface area contributed by atoms with Crippen LogP contribution < -0.4 is 10.6 Å². The molecule has 2 N–H and O–H groups in total. The molecule has 140 valence electrons. The van der Waals surface area contributed by atoms with Crippen LogP contribution in [-0.2, 0) is 0 Å². The molecule has 0 aliphatic heterocycles. The van der Waals surface area contributed by atoms with Crippen LogP contribution in [0.5, 0.6) is 0 Å². The summed E-state index contributed by atoms with van der Waals surface area (Å²) < 4.78 is 0.989. The molecular formula is C21H18N4O2S. The van der Waals surface area contributed by atoms with Crippen molar-refractivity contribution in [1.29, 1.82) is 0 Å². The van der Waals surface area contributed by atoms with Gasteiger partial charge in [-0.15, -0.1) is 11.3 Å². The Labute approximate surface area is 165 Å². The molecule has 0 fully saturated rings. The molecule has 0 atom stereocenters. The number of thiazole rings is 1. The van der Waals surface area contributed by atoms with Gasteiger partial charge in [0.2, 0.25) is 0 Å². The smallest absolute Gasteiger partial charge is 0.280 e. The van der Waals surface area contributed by atoms with Crippen LogP contribution in [-0.4, -0.2) is 34.9 Å². The molecule has 0 radical (unpaired) electrons. The lowest BCUT2D eigenvalue weighted by Crippen LogP contribution is -2.30. The molecule has 2 amide bonds. The highest BCUT2D eigenvalue weighted by molar-refractivity contribution is 7.20. The Morgan fingerprint density at radius 3 is 2.54 bits per heavy atom. The maximum atomic E-state index is 12.4. The predicted octanol–water partition coefficient (Wildman–Crippen LogP) is 3.39. The molecule has 6 nitrogen and oxygen atoms in total. The van der Waals surface area contributed by atoms with Gasteiger partial charge in [0, 0.05) is 24.7 Å². The Bertz CT molecular complexity index is 1120. The molecular weight excluding hydrogens is 372 g/mol. The first-order chi connectivity index (χ1) is 13.7. The maximum Gasteiger partial charge on any atom is 0.280 e. The molecule has 2 heterocycles. The van der Waals surface area contributed by atoms with E-state index >= 15 is 0 Å². The zero-order valence-corrected chi connectivity index (χ0v) is 15.8. The summed E-state index contributed by atoms with van der Waals surface area (Å²) in [7, 11) is 0. The van der Waals surface area contributed by atoms with Gasteiger partial charge in [-0.25, -0.2) is 4.98 Å². The number of hydrogen-bond acceptors (Lipinski definition) is 5. The average molecular weight is 390 g/mol. The number of para-hydroxylation sites is 2. The number of carbonyl (C=O) groups is 2. The lowest BCUT2D eigenvalue weighted by atomic mass is 10.1. The van der Waals surface area contributed by atoms with Gasteiger partial charge in [-0.2, -0.15) is 0 Å². The zero-order valence-electron chi connectivity index (χ0n) is 15.0. The molecule has 2 aromatic carbocycles. The van der Waals surface area contributed by atoms with E-state index in [2.05, 4.69) is 20.6 Å². The zero-order chi connectivity index (χ0) is 19.3. The van der Waals surface area contributed by atoms with Crippen LogP contribution in [0.4, 0.5) is 0 Å². The summed E-state index contributed by atoms with van der Waals surface area (Å²) in [5.41, 5.74) is 2.07. The lowest BCUT2D eigenvalue weighted by molar-refractivity contribution is 0.0952. The highest BCUT2D eigenvalue weighted by Gasteiger charge is 2.12. The first-order valence-electron chi connectivity index (χ1n) is 8.98. The highest BCUT2D eigenvalue weighted by Crippen LogP contribution is 2.21. The fraction of sp³-hybridized carbons (Fsp3) is 0.143. The van der Waals surface area contributed by atoms with Gasteiger partial charge in [-0.1, -0.05) is 30.3 Å². The Hall–Kier alpha value is -3.32. The van der Waals surface area contributed by atoms with Crippen molar-refractivity contribution in [1.82, 2.24) is 20.6 Å². The SMILES string of the molecule is O=C(NCCCNC(=O)c1cccc2cccnc12)c1nc2ccccc2s1. The summed E-state index contributed by atoms with van der Waals surface area (Å²) in [4.78, 5) is 33.3. The van der Waals surface area contributed by atoms with Crippen LogP contribution >= 0.6 is 11.3 Å². The van der Waals surface area contributed by atoms with Crippen molar-refractivity contribution >= 4 is 44.3 Å². The number of aromatic nitrogens is 2. The molecule has 4 aromatic rings. The number of nitrogens with one attached hydrogen (secondary N) is 2. The van der Waals surface area contributed by atoms with E-state index in [1.54, 1.807) is 12.3 Å². The summed E-state index contributed by atoms with van der Waals surface area (Å²) in [6.07, 6.45) is 2.30. The van der Waals surface area contributed by atoms with Crippen LogP contribution in [0.1, 0.15) is 26.6 Å². The summed E-state index contributed by atoms with van der Waals surface area (Å²) in [6.45, 7) is 0.922. The largest absolute Gasteiger partial charge is 0.352 e. The lowest BCUT2D eigenvalue weighted by Gasteiger charge is -2.08. The van der Waals surface area contributed by atoms with Gasteiger partial charge in [0.05, 0.1) is 21.3 Å². The fourth-order valence-corrected chi connectivity index (χ4v) is 3.80. The van der Waals surface area contributed by atoms with Crippen LogP contribution in [0.3, 0.4) is 0 Å². The second kappa shape index (κ2) is 8.14. The van der Waals surface area contributed by atoms with E-state index in [0.29, 0.717) is 35.6 Å². The van der Waals surface area contributed by atoms with E-state index in [-0.39, 0.29) is 11.8 Å². The van der Waals surface area contributed by atoms with E-state index in [9.17, 15) is 9.59 Å². The quantitative estimate of drug-likeness (QED) is 0.494. The Morgan fingerprint density at radius 2 is 1.68 bits per heavy atom. The van der Waals surface area contributed by atoms with Crippen molar-refractivity contribution in [3.63, 3.8) is 0 Å². The molecule has 0 aliphatic carbocycles. The Morgan fingerprint density at radius 1 is 0.893 bits per heavy atom. The number of fused-ring (bicyclic) bond motifs is 2. The third kappa shape index (κ3) is 3.84. The molecule has 0 saturated heterocycles. The minimum absolute atomic E-state index is 0.165. The van der Waals surface area contributed by atoms with E-state index in [1.165, 1.54) is 11.3 Å². The average Bonchev–Trinajstić information content (AvgIpc) is 3.17. The molecule has 2 aromatic heterocycles. The summed E-state index contributed by atoms with van der Waals surface area (Å²) in [5, 5.41) is 7.11. The third-order valence-electron chi connectivity index (χ3n) is 4.29. The van der Waals surface area contributed by atoms with Crippen molar-refractivity contribution in [3.8, 4) is 0 Å². The summed E-state index contributed by atoms with van der Waals surface area (Å²) in [6, 6.07) is 17.0. The number of benzene rings is 2. The molecule has 0 unspecified atom stereocenters. The van der Waals surface area contributed by atoms with Gasteiger partial charge in [-0.3, -0.25) is 14.6 Å². The van der Waals surface area contributed by atoms with Gasteiger partial charge in [0.1, 0.15) is 0 Å². The van der Waals surface area contributed by atoms with Crippen LogP contribution in [0, 0.1) is 0 Å². The molecule has 0 spiro atoms. The highest BCUT2D eigenvalue weighted by atomic mass is 32.1. The van der Waals surface area contributed by atoms with E-state index in [4.69, 9.17) is 0 Å². The van der Waals surface area contributed by atoms with Crippen LogP contribution in [0.15, 0.2) is 60.8 Å². The van der Waals surface area contributed by atoms with Gasteiger partial charge in [-0.05, 0) is 30.7 Å². The first kappa shape index (κ1) is 18.1. The van der Waals surface area contributed by atoms with Gasteiger partial charge in [0.15, 0.2) is 5.01 Å². The molecule has 4 rings (SSSR count). The second-order valence-electron chi connectivity index (χ2n) is 6.23. The number of hydrogen-bond donors (Lipinski definition) is 2. The van der Waals surface area contributed by atoms with E-state index in [1.807, 2.05) is 48.5 Å². The number of pyridine rings is 1. The number of nitrogens with zero attached hydrogens (tertiary/aromatic N) is 2. The van der Waals surface area contributed by atoms with Gasteiger partial charge >= 0.3 is 0 Å². The number of carbonyl (C=O) groups excluding carboxylic acids is 2. The maximum absolute atomic E-state index is 12.4. The second-order valence-corrected chi connectivity index (χ2v) is 7.26. The predicted molar refractivity (Wildman–Crippen MR) is 111 cm³/mol. The van der Waals surface area contributed by atoms with Gasteiger partial charge in [0.25, 0.3) is 11.8 Å². The molecule has 0 bridgehead atoms. The van der Waals surface area contributed by atoms with E-state index in [0.717, 1.165) is 15.6 Å². The number of amides is 2. The van der Waals surface area contributed by atoms with Crippen molar-refractivity contribution in [3.05, 3.63) is 71.4 Å². The van der Waals surface area contributed by atoms with Crippen LogP contribution in [0.25, 0.3) is 21.1 Å². The molecule has 0 saturated carbocycles. The van der Waals surface area contributed by atoms with Crippen molar-refractivity contribution in [2.24, 2.45) is 0 Å². The van der Waals surface area contributed by atoms with Crippen molar-refractivity contribution < 1.29 is 9.59 Å². The van der Waals surface area contributed by atoms with Crippen LogP contribution in [0.2, 0.25) is 0 Å². The molecule has 0 aliphatic rings. The summed E-state index contributed by atoms with van der Waals surface area (Å²) >= 11 is 1.37. The minimum atomic E-state index is -0.189. The number of rotatable bonds is 6. The topological polar surface area (TPSA) is 84.0 Å². The van der Waals surface area contributed by atoms with E-state index < -0.39 is 0 Å². The monoisotopic (exact) mass is 390 g/mol. The van der Waals surface area contributed by atoms with Crippen molar-refractivity contribution in [2.45, 2.75) is 6.42 Å². The molecule has 28 heavy (non-hydrogen) atoms. The first-order valence-corrected chi connectivity index (χ1v) is 9.80. The normalized spacial score (nSPS) is 10.9. The fourth-order valence-electron chi connectivity index (χ4n) is 2.92. The molecule has 7 heteroatoms. The van der Waals surface area contributed by atoms with Crippen molar-refractivity contribution in [2.75, 3.05) is 13.1 Å². The Balaban J connectivity index is 1.27. The Kier molecular flexibility index (Phi) is 5.25. The van der Waals surface area contributed by atoms with Gasteiger partial charge < -0.3 is 10.6 Å². The summed E-state index contributed by atoms with van der Waals surface area (Å²) in [5.74, 6) is -0.354. The standard InChI is InChI=1S/C21H18N4O2S/c26-19(15-8-3-6-14-7-4-11-22-18(14)15)23-12-5-13-24-20(27)21-25-16-9-1-2-10-17(16)28-21/h1-4,6-11H,5,12-13H2,(H,23,26)(H,24,27). The minimum Gasteiger partial charge on any atom is -0.352 e. The third-order valence-corrected chi connectivity index (χ3v) is 5.33.